The van der Waals surface area contributed by atoms with E-state index >= 15 is 0 Å². The monoisotopic (exact) mass is 216 g/mol. The van der Waals surface area contributed by atoms with E-state index in [-0.39, 0.29) is 11.6 Å². The van der Waals surface area contributed by atoms with E-state index in [0.717, 1.165) is 12.8 Å². The van der Waals surface area contributed by atoms with Crippen LogP contribution in [0.4, 0.5) is 4.79 Å². The highest BCUT2D eigenvalue weighted by atomic mass is 16.5. The van der Waals surface area contributed by atoms with E-state index < -0.39 is 6.09 Å². The Balaban J connectivity index is 2.66. The molecule has 0 saturated carbocycles. The Bertz CT molecular complexity index is 219. The summed E-state index contributed by atoms with van der Waals surface area (Å²) in [5.74, 6) is 0. The van der Waals surface area contributed by atoms with Gasteiger partial charge in [-0.15, -0.1) is 0 Å². The molecule has 1 amide bonds. The molecule has 1 aliphatic rings. The summed E-state index contributed by atoms with van der Waals surface area (Å²) >= 11 is 0. The Hall–Kier alpha value is -0.810. The van der Waals surface area contributed by atoms with Gasteiger partial charge in [0, 0.05) is 24.8 Å². The molecule has 0 aromatic heterocycles. The maximum atomic E-state index is 10.7. The number of carbonyl (C=O) groups is 1. The van der Waals surface area contributed by atoms with Crippen molar-refractivity contribution in [2.75, 3.05) is 13.2 Å². The molecule has 5 nitrogen and oxygen atoms in total. The highest BCUT2D eigenvalue weighted by Gasteiger charge is 2.31. The number of nitrogens with one attached hydrogen (secondary N) is 1. The van der Waals surface area contributed by atoms with Crippen molar-refractivity contribution in [3.63, 3.8) is 0 Å². The lowest BCUT2D eigenvalue weighted by Gasteiger charge is -2.42. The lowest BCUT2D eigenvalue weighted by molar-refractivity contribution is -0.0296. The molecule has 1 fully saturated rings. The zero-order valence-corrected chi connectivity index (χ0v) is 9.62. The molecule has 1 saturated heterocycles. The molecule has 88 valence electrons. The predicted molar refractivity (Wildman–Crippen MR) is 56.6 cm³/mol. The summed E-state index contributed by atoms with van der Waals surface area (Å²) < 4.78 is 5.27. The number of nitrogens with zero attached hydrogens (tertiary/aromatic N) is 1. The van der Waals surface area contributed by atoms with Crippen LogP contribution in [0.15, 0.2) is 0 Å². The van der Waals surface area contributed by atoms with Crippen molar-refractivity contribution in [2.45, 2.75) is 45.2 Å². The molecule has 0 spiro atoms. The molecule has 5 heteroatoms. The molecule has 1 aliphatic heterocycles. The van der Waals surface area contributed by atoms with Crippen LogP contribution < -0.4 is 5.43 Å². The Morgan fingerprint density at radius 3 is 2.33 bits per heavy atom. The normalized spacial score (nSPS) is 19.2. The summed E-state index contributed by atoms with van der Waals surface area (Å²) in [6.45, 7) is 7.41. The topological polar surface area (TPSA) is 61.8 Å². The number of ether oxygens (including phenoxy) is 1. The summed E-state index contributed by atoms with van der Waals surface area (Å²) in [6.07, 6.45) is 0.742. The van der Waals surface area contributed by atoms with Gasteiger partial charge in [-0.2, -0.15) is 0 Å². The molecule has 0 radical (unpaired) electrons. The van der Waals surface area contributed by atoms with Gasteiger partial charge >= 0.3 is 6.09 Å². The minimum atomic E-state index is -1.00. The van der Waals surface area contributed by atoms with Gasteiger partial charge in [-0.25, -0.2) is 9.80 Å². The van der Waals surface area contributed by atoms with Crippen LogP contribution >= 0.6 is 0 Å². The number of amides is 1. The van der Waals surface area contributed by atoms with E-state index in [2.05, 4.69) is 5.43 Å². The number of hydrogen-bond donors (Lipinski definition) is 2. The minimum absolute atomic E-state index is 0.208. The fourth-order valence-electron chi connectivity index (χ4n) is 1.85. The maximum Gasteiger partial charge on any atom is 0.419 e. The van der Waals surface area contributed by atoms with Crippen molar-refractivity contribution in [3.05, 3.63) is 0 Å². The van der Waals surface area contributed by atoms with E-state index in [1.807, 2.05) is 25.8 Å². The van der Waals surface area contributed by atoms with Crippen molar-refractivity contribution in [3.8, 4) is 0 Å². The van der Waals surface area contributed by atoms with Crippen LogP contribution in [0.2, 0.25) is 0 Å². The van der Waals surface area contributed by atoms with E-state index in [0.29, 0.717) is 13.2 Å². The molecule has 0 aromatic rings. The summed E-state index contributed by atoms with van der Waals surface area (Å²) in [5.41, 5.74) is 2.28. The van der Waals surface area contributed by atoms with Gasteiger partial charge in [0.1, 0.15) is 0 Å². The molecule has 1 heterocycles. The number of rotatable bonds is 2. The second-order valence-electron chi connectivity index (χ2n) is 4.80. The number of hydrazine groups is 1. The lowest BCUT2D eigenvalue weighted by atomic mass is 10.0. The zero-order valence-electron chi connectivity index (χ0n) is 9.62. The molecule has 0 aliphatic carbocycles. The zero-order chi connectivity index (χ0) is 11.5. The second-order valence-corrected chi connectivity index (χ2v) is 4.80. The van der Waals surface area contributed by atoms with Crippen LogP contribution in [-0.2, 0) is 4.74 Å². The second kappa shape index (κ2) is 4.81. The van der Waals surface area contributed by atoms with Gasteiger partial charge < -0.3 is 9.84 Å². The molecule has 0 bridgehead atoms. The van der Waals surface area contributed by atoms with E-state index in [1.165, 1.54) is 0 Å². The highest BCUT2D eigenvalue weighted by Crippen LogP contribution is 2.21. The first-order valence-electron chi connectivity index (χ1n) is 5.28. The average Bonchev–Trinajstić information content (AvgIpc) is 2.14. The van der Waals surface area contributed by atoms with Gasteiger partial charge in [0.25, 0.3) is 0 Å². The minimum Gasteiger partial charge on any atom is -0.464 e. The standard InChI is InChI=1S/C10H20N2O3/c1-10(2,3)12(11-9(13)14)8-4-6-15-7-5-8/h8,11H,4-7H2,1-3H3,(H,13,14). The third kappa shape index (κ3) is 3.68. The third-order valence-electron chi connectivity index (χ3n) is 2.49. The predicted octanol–water partition coefficient (Wildman–Crippen LogP) is 1.45. The van der Waals surface area contributed by atoms with Gasteiger partial charge in [-0.05, 0) is 33.6 Å². The Labute approximate surface area is 90.4 Å². The van der Waals surface area contributed by atoms with Crippen LogP contribution in [0.3, 0.4) is 0 Å². The first kappa shape index (κ1) is 12.3. The molecular weight excluding hydrogens is 196 g/mol. The smallest absolute Gasteiger partial charge is 0.419 e. The molecule has 0 aromatic carbocycles. The van der Waals surface area contributed by atoms with Crippen LogP contribution in [0, 0.1) is 0 Å². The summed E-state index contributed by atoms with van der Waals surface area (Å²) in [7, 11) is 0. The molecule has 2 N–H and O–H groups in total. The van der Waals surface area contributed by atoms with Crippen molar-refractivity contribution >= 4 is 6.09 Å². The largest absolute Gasteiger partial charge is 0.464 e. The van der Waals surface area contributed by atoms with Crippen molar-refractivity contribution in [2.24, 2.45) is 0 Å². The lowest BCUT2D eigenvalue weighted by Crippen LogP contribution is -2.58. The van der Waals surface area contributed by atoms with Gasteiger partial charge in [0.2, 0.25) is 0 Å². The fraction of sp³-hybridized carbons (Fsp3) is 0.900. The first-order valence-corrected chi connectivity index (χ1v) is 5.28. The Morgan fingerprint density at radius 1 is 1.40 bits per heavy atom. The summed E-state index contributed by atoms with van der Waals surface area (Å²) in [5, 5.41) is 10.6. The van der Waals surface area contributed by atoms with Crippen LogP contribution in [0.1, 0.15) is 33.6 Å². The van der Waals surface area contributed by atoms with Crippen molar-refractivity contribution < 1.29 is 14.6 Å². The highest BCUT2D eigenvalue weighted by molar-refractivity contribution is 5.63. The molecule has 1 rings (SSSR count). The van der Waals surface area contributed by atoms with Crippen LogP contribution in [0.25, 0.3) is 0 Å². The van der Waals surface area contributed by atoms with Crippen LogP contribution in [0.5, 0.6) is 0 Å². The van der Waals surface area contributed by atoms with Gasteiger partial charge in [0.15, 0.2) is 0 Å². The first-order chi connectivity index (χ1) is 6.91. The summed E-state index contributed by atoms with van der Waals surface area (Å²) in [4.78, 5) is 10.7. The van der Waals surface area contributed by atoms with E-state index in [1.54, 1.807) is 0 Å². The van der Waals surface area contributed by atoms with E-state index in [9.17, 15) is 4.79 Å². The molecule has 15 heavy (non-hydrogen) atoms. The molecular formula is C10H20N2O3. The fourth-order valence-corrected chi connectivity index (χ4v) is 1.85. The quantitative estimate of drug-likeness (QED) is 0.686. The van der Waals surface area contributed by atoms with Crippen molar-refractivity contribution in [1.82, 2.24) is 10.4 Å². The van der Waals surface area contributed by atoms with Gasteiger partial charge in [-0.1, -0.05) is 0 Å². The maximum absolute atomic E-state index is 10.7. The number of hydrogen-bond acceptors (Lipinski definition) is 3. The third-order valence-corrected chi connectivity index (χ3v) is 2.49. The average molecular weight is 216 g/mol. The van der Waals surface area contributed by atoms with Gasteiger partial charge in [0.05, 0.1) is 0 Å². The SMILES string of the molecule is CC(C)(C)N(NC(=O)O)C1CCOCC1. The molecule has 0 atom stereocenters. The van der Waals surface area contributed by atoms with Gasteiger partial charge in [-0.3, -0.25) is 5.43 Å². The van der Waals surface area contributed by atoms with Crippen LogP contribution in [-0.4, -0.2) is 41.0 Å². The van der Waals surface area contributed by atoms with Crippen molar-refractivity contribution in [1.29, 1.82) is 0 Å². The Morgan fingerprint density at radius 2 is 1.93 bits per heavy atom. The molecule has 0 unspecified atom stereocenters. The van der Waals surface area contributed by atoms with E-state index in [4.69, 9.17) is 9.84 Å². The summed E-state index contributed by atoms with van der Waals surface area (Å²) in [6, 6.07) is 0.231. The Kier molecular flexibility index (Phi) is 3.93. The number of carboxylic acid groups (broad SMARTS) is 1.